The second-order valence-electron chi connectivity index (χ2n) is 7.57. The summed E-state index contributed by atoms with van der Waals surface area (Å²) in [6.45, 7) is 5.08. The maximum atomic E-state index is 12.0. The number of aryl methyl sites for hydroxylation is 1. The van der Waals surface area contributed by atoms with Gasteiger partial charge in [0.2, 0.25) is 0 Å². The van der Waals surface area contributed by atoms with Gasteiger partial charge in [0.1, 0.15) is 5.75 Å². The molecule has 2 rings (SSSR count). The quantitative estimate of drug-likeness (QED) is 0.619. The van der Waals surface area contributed by atoms with Crippen molar-refractivity contribution in [2.45, 2.75) is 26.7 Å². The van der Waals surface area contributed by atoms with Gasteiger partial charge in [-0.2, -0.15) is 0 Å². The van der Waals surface area contributed by atoms with Crippen molar-refractivity contribution in [3.63, 3.8) is 0 Å². The molecule has 0 bridgehead atoms. The molecule has 0 radical (unpaired) electrons. The Morgan fingerprint density at radius 2 is 1.71 bits per heavy atom. The van der Waals surface area contributed by atoms with Gasteiger partial charge in [0, 0.05) is 30.4 Å². The van der Waals surface area contributed by atoms with E-state index in [0.29, 0.717) is 22.0 Å². The summed E-state index contributed by atoms with van der Waals surface area (Å²) in [5, 5.41) is 3.24. The monoisotopic (exact) mass is 446 g/mol. The summed E-state index contributed by atoms with van der Waals surface area (Å²) in [4.78, 5) is 37.4. The Labute approximate surface area is 187 Å². The van der Waals surface area contributed by atoms with Crippen LogP contribution in [0.1, 0.15) is 41.3 Å². The average Bonchev–Trinajstić information content (AvgIpc) is 2.72. The molecule has 166 valence electrons. The fraction of sp³-hybridized carbons (Fsp3) is 0.348. The minimum absolute atomic E-state index is 0.136. The fourth-order valence-corrected chi connectivity index (χ4v) is 2.89. The smallest absolute Gasteiger partial charge is 0.344 e. The molecule has 0 aliphatic heterocycles. The molecule has 1 N–H and O–H groups in total. The predicted octanol–water partition coefficient (Wildman–Crippen LogP) is 4.03. The highest BCUT2D eigenvalue weighted by molar-refractivity contribution is 6.31. The molecule has 2 amide bonds. The zero-order valence-electron chi connectivity index (χ0n) is 18.3. The summed E-state index contributed by atoms with van der Waals surface area (Å²) >= 11 is 6.17. The van der Waals surface area contributed by atoms with E-state index in [0.717, 1.165) is 11.1 Å². The van der Waals surface area contributed by atoms with Gasteiger partial charge in [-0.3, -0.25) is 9.59 Å². The second kappa shape index (κ2) is 10.8. The number of esters is 1. The van der Waals surface area contributed by atoms with Crippen LogP contribution in [0.25, 0.3) is 0 Å². The predicted molar refractivity (Wildman–Crippen MR) is 120 cm³/mol. The number of rotatable bonds is 8. The van der Waals surface area contributed by atoms with Gasteiger partial charge >= 0.3 is 5.97 Å². The van der Waals surface area contributed by atoms with Crippen molar-refractivity contribution < 1.29 is 23.9 Å². The minimum atomic E-state index is -0.663. The van der Waals surface area contributed by atoms with Crippen molar-refractivity contribution in [1.82, 2.24) is 4.90 Å². The first-order valence-corrected chi connectivity index (χ1v) is 10.2. The third kappa shape index (κ3) is 7.00. The molecule has 0 fully saturated rings. The SMILES string of the molecule is Cc1cc(OCC(=O)OCC(=O)Nc2ccc(C(=O)N(C)C)cc2)c(C(C)C)cc1Cl. The first kappa shape index (κ1) is 24.2. The molecule has 0 aromatic heterocycles. The van der Waals surface area contributed by atoms with Crippen LogP contribution in [0.3, 0.4) is 0 Å². The maximum Gasteiger partial charge on any atom is 0.344 e. The number of benzene rings is 2. The van der Waals surface area contributed by atoms with Crippen LogP contribution in [0.4, 0.5) is 5.69 Å². The van der Waals surface area contributed by atoms with Crippen molar-refractivity contribution in [3.05, 3.63) is 58.1 Å². The fourth-order valence-electron chi connectivity index (χ4n) is 2.72. The van der Waals surface area contributed by atoms with E-state index in [1.165, 1.54) is 4.90 Å². The molecular formula is C23H27ClN2O5. The zero-order valence-corrected chi connectivity index (χ0v) is 19.1. The van der Waals surface area contributed by atoms with Crippen LogP contribution in [-0.2, 0) is 14.3 Å². The summed E-state index contributed by atoms with van der Waals surface area (Å²) in [5.74, 6) is -0.571. The third-order valence-electron chi connectivity index (χ3n) is 4.44. The molecule has 0 aliphatic carbocycles. The summed E-state index contributed by atoms with van der Waals surface area (Å²) in [6, 6.07) is 10.0. The molecule has 2 aromatic carbocycles. The topological polar surface area (TPSA) is 84.9 Å². The molecule has 0 aliphatic rings. The van der Waals surface area contributed by atoms with Crippen molar-refractivity contribution in [1.29, 1.82) is 0 Å². The van der Waals surface area contributed by atoms with E-state index in [1.807, 2.05) is 26.8 Å². The molecule has 0 saturated carbocycles. The summed E-state index contributed by atoms with van der Waals surface area (Å²) in [7, 11) is 3.32. The molecule has 0 atom stereocenters. The van der Waals surface area contributed by atoms with Gasteiger partial charge in [-0.25, -0.2) is 4.79 Å². The summed E-state index contributed by atoms with van der Waals surface area (Å²) in [6.07, 6.45) is 0. The van der Waals surface area contributed by atoms with Crippen molar-refractivity contribution in [3.8, 4) is 5.75 Å². The van der Waals surface area contributed by atoms with Crippen LogP contribution in [-0.4, -0.2) is 50.0 Å². The second-order valence-corrected chi connectivity index (χ2v) is 7.98. The van der Waals surface area contributed by atoms with Crippen LogP contribution in [0.5, 0.6) is 5.75 Å². The molecule has 0 spiro atoms. The molecule has 31 heavy (non-hydrogen) atoms. The molecule has 0 saturated heterocycles. The maximum absolute atomic E-state index is 12.0. The van der Waals surface area contributed by atoms with Gasteiger partial charge in [-0.05, 0) is 60.4 Å². The van der Waals surface area contributed by atoms with Crippen molar-refractivity contribution in [2.75, 3.05) is 32.6 Å². The number of amides is 2. The van der Waals surface area contributed by atoms with E-state index in [9.17, 15) is 14.4 Å². The lowest BCUT2D eigenvalue weighted by Gasteiger charge is -2.15. The number of halogens is 1. The normalized spacial score (nSPS) is 10.5. The number of nitrogens with one attached hydrogen (secondary N) is 1. The number of ether oxygens (including phenoxy) is 2. The Morgan fingerprint density at radius 3 is 2.29 bits per heavy atom. The third-order valence-corrected chi connectivity index (χ3v) is 4.85. The van der Waals surface area contributed by atoms with E-state index >= 15 is 0 Å². The Kier molecular flexibility index (Phi) is 8.45. The first-order chi connectivity index (χ1) is 14.6. The highest BCUT2D eigenvalue weighted by Crippen LogP contribution is 2.32. The van der Waals surface area contributed by atoms with E-state index in [1.54, 1.807) is 44.4 Å². The number of hydrogen-bond acceptors (Lipinski definition) is 5. The van der Waals surface area contributed by atoms with E-state index in [-0.39, 0.29) is 18.4 Å². The lowest BCUT2D eigenvalue weighted by atomic mass is 10.0. The summed E-state index contributed by atoms with van der Waals surface area (Å²) in [5.41, 5.74) is 2.72. The van der Waals surface area contributed by atoms with Crippen LogP contribution >= 0.6 is 11.6 Å². The minimum Gasteiger partial charge on any atom is -0.482 e. The van der Waals surface area contributed by atoms with Crippen LogP contribution < -0.4 is 10.1 Å². The lowest BCUT2D eigenvalue weighted by Crippen LogP contribution is -2.24. The van der Waals surface area contributed by atoms with E-state index < -0.39 is 18.5 Å². The van der Waals surface area contributed by atoms with Crippen LogP contribution in [0.2, 0.25) is 5.02 Å². The number of anilines is 1. The molecule has 8 heteroatoms. The van der Waals surface area contributed by atoms with Crippen LogP contribution in [0, 0.1) is 6.92 Å². The number of carbonyl (C=O) groups is 3. The van der Waals surface area contributed by atoms with Gasteiger partial charge in [0.05, 0.1) is 0 Å². The molecule has 0 heterocycles. The first-order valence-electron chi connectivity index (χ1n) is 9.78. The standard InChI is InChI=1S/C23H27ClN2O5/c1-14(2)18-11-19(24)15(3)10-20(18)30-13-22(28)31-12-21(27)25-17-8-6-16(7-9-17)23(29)26(4)5/h6-11,14H,12-13H2,1-5H3,(H,25,27). The Bertz CT molecular complexity index is 955. The molecule has 0 unspecified atom stereocenters. The van der Waals surface area contributed by atoms with Gasteiger partial charge in [-0.15, -0.1) is 0 Å². The number of nitrogens with zero attached hydrogens (tertiary/aromatic N) is 1. The van der Waals surface area contributed by atoms with E-state index in [4.69, 9.17) is 21.1 Å². The number of hydrogen-bond donors (Lipinski definition) is 1. The van der Waals surface area contributed by atoms with Crippen LogP contribution in [0.15, 0.2) is 36.4 Å². The molecule has 7 nitrogen and oxygen atoms in total. The van der Waals surface area contributed by atoms with Gasteiger partial charge < -0.3 is 19.7 Å². The number of carbonyl (C=O) groups excluding carboxylic acids is 3. The van der Waals surface area contributed by atoms with Gasteiger partial charge in [0.25, 0.3) is 11.8 Å². The zero-order chi connectivity index (χ0) is 23.1. The average molecular weight is 447 g/mol. The van der Waals surface area contributed by atoms with Crippen molar-refractivity contribution >= 4 is 35.1 Å². The Balaban J connectivity index is 1.84. The molecular weight excluding hydrogens is 420 g/mol. The largest absolute Gasteiger partial charge is 0.482 e. The van der Waals surface area contributed by atoms with Crippen molar-refractivity contribution in [2.24, 2.45) is 0 Å². The van der Waals surface area contributed by atoms with Gasteiger partial charge in [0.15, 0.2) is 13.2 Å². The highest BCUT2D eigenvalue weighted by atomic mass is 35.5. The summed E-state index contributed by atoms with van der Waals surface area (Å²) < 4.78 is 10.6. The Hall–Kier alpha value is -3.06. The lowest BCUT2D eigenvalue weighted by molar-refractivity contribution is -0.149. The van der Waals surface area contributed by atoms with E-state index in [2.05, 4.69) is 5.32 Å². The highest BCUT2D eigenvalue weighted by Gasteiger charge is 2.14. The molecule has 2 aromatic rings. The Morgan fingerprint density at radius 1 is 1.06 bits per heavy atom. The van der Waals surface area contributed by atoms with Gasteiger partial charge in [-0.1, -0.05) is 25.4 Å².